The Morgan fingerprint density at radius 1 is 1.00 bits per heavy atom. The van der Waals surface area contributed by atoms with E-state index in [1.165, 1.54) is 0 Å². The van der Waals surface area contributed by atoms with E-state index < -0.39 is 0 Å². The highest BCUT2D eigenvalue weighted by atomic mass is 16.2. The molecule has 0 saturated heterocycles. The number of rotatable bonds is 6. The maximum atomic E-state index is 13.0. The minimum Gasteiger partial charge on any atom is -0.350 e. The van der Waals surface area contributed by atoms with Gasteiger partial charge in [0.1, 0.15) is 17.6 Å². The van der Waals surface area contributed by atoms with Crippen LogP contribution in [0.4, 0.5) is 0 Å². The molecule has 0 aliphatic carbocycles. The van der Waals surface area contributed by atoms with Gasteiger partial charge >= 0.3 is 0 Å². The molecular weight excluding hydrogens is 364 g/mol. The number of carbonyl (C=O) groups excluding carboxylic acids is 1. The summed E-state index contributed by atoms with van der Waals surface area (Å²) in [5.74, 6) is -0.156. The highest BCUT2D eigenvalue weighted by Crippen LogP contribution is 2.27. The van der Waals surface area contributed by atoms with Gasteiger partial charge in [0, 0.05) is 24.8 Å². The molecule has 1 amide bonds. The van der Waals surface area contributed by atoms with Crippen LogP contribution in [0.15, 0.2) is 78.0 Å². The molecule has 0 fully saturated rings. The van der Waals surface area contributed by atoms with Gasteiger partial charge in [-0.15, -0.1) is 0 Å². The summed E-state index contributed by atoms with van der Waals surface area (Å²) >= 11 is 0. The van der Waals surface area contributed by atoms with Gasteiger partial charge in [0.15, 0.2) is 0 Å². The van der Waals surface area contributed by atoms with E-state index in [1.54, 1.807) is 15.5 Å². The zero-order chi connectivity index (χ0) is 20.2. The molecule has 4 aromatic rings. The highest BCUT2D eigenvalue weighted by Gasteiger charge is 2.17. The number of amides is 1. The molecular formula is C23H22N4O2. The summed E-state index contributed by atoms with van der Waals surface area (Å²) < 4.78 is 3.26. The van der Waals surface area contributed by atoms with Gasteiger partial charge in [-0.2, -0.15) is 0 Å². The quantitative estimate of drug-likeness (QED) is 0.553. The Labute approximate surface area is 168 Å². The average Bonchev–Trinajstić information content (AvgIpc) is 3.13. The summed E-state index contributed by atoms with van der Waals surface area (Å²) in [5.41, 5.74) is 3.75. The Balaban J connectivity index is 1.69. The number of benzene rings is 2. The topological polar surface area (TPSA) is 68.9 Å². The molecule has 4 rings (SSSR count). The lowest BCUT2D eigenvalue weighted by Crippen LogP contribution is -2.28. The fourth-order valence-corrected chi connectivity index (χ4v) is 3.40. The minimum atomic E-state index is -0.156. The number of fused-ring (bicyclic) bond motifs is 1. The van der Waals surface area contributed by atoms with E-state index in [1.807, 2.05) is 73.8 Å². The van der Waals surface area contributed by atoms with Crippen molar-refractivity contribution in [3.8, 4) is 11.1 Å². The Bertz CT molecular complexity index is 1190. The normalized spacial score (nSPS) is 10.9. The van der Waals surface area contributed by atoms with E-state index in [0.29, 0.717) is 24.1 Å². The molecule has 29 heavy (non-hydrogen) atoms. The largest absolute Gasteiger partial charge is 0.350 e. The zero-order valence-corrected chi connectivity index (χ0v) is 16.2. The number of aryl methyl sites for hydroxylation is 1. The molecule has 0 atom stereocenters. The van der Waals surface area contributed by atoms with Crippen molar-refractivity contribution in [2.45, 2.75) is 26.6 Å². The van der Waals surface area contributed by atoms with Crippen molar-refractivity contribution in [1.82, 2.24) is 19.4 Å². The van der Waals surface area contributed by atoms with Gasteiger partial charge in [-0.05, 0) is 18.1 Å². The third kappa shape index (κ3) is 3.82. The van der Waals surface area contributed by atoms with Crippen LogP contribution in [-0.2, 0) is 24.4 Å². The van der Waals surface area contributed by atoms with Crippen LogP contribution in [0, 0.1) is 0 Å². The molecule has 2 aromatic heterocycles. The average molecular weight is 386 g/mol. The van der Waals surface area contributed by atoms with Crippen molar-refractivity contribution >= 4 is 16.9 Å². The van der Waals surface area contributed by atoms with E-state index in [9.17, 15) is 9.59 Å². The lowest BCUT2D eigenvalue weighted by atomic mass is 10.1. The second-order valence-corrected chi connectivity index (χ2v) is 6.83. The predicted molar refractivity (Wildman–Crippen MR) is 113 cm³/mol. The number of aromatic nitrogens is 3. The van der Waals surface area contributed by atoms with Crippen molar-refractivity contribution in [3.63, 3.8) is 0 Å². The van der Waals surface area contributed by atoms with Gasteiger partial charge in [-0.3, -0.25) is 14.2 Å². The Morgan fingerprint density at radius 3 is 2.38 bits per heavy atom. The van der Waals surface area contributed by atoms with Crippen LogP contribution in [0.3, 0.4) is 0 Å². The first-order valence-electron chi connectivity index (χ1n) is 9.61. The molecule has 0 radical (unpaired) electrons. The summed E-state index contributed by atoms with van der Waals surface area (Å²) in [7, 11) is 0. The first-order valence-corrected chi connectivity index (χ1v) is 9.61. The number of nitrogens with zero attached hydrogens (tertiary/aromatic N) is 3. The van der Waals surface area contributed by atoms with E-state index in [-0.39, 0.29) is 18.0 Å². The van der Waals surface area contributed by atoms with Crippen LogP contribution in [0.1, 0.15) is 12.5 Å². The summed E-state index contributed by atoms with van der Waals surface area (Å²) in [6, 6.07) is 19.5. The molecule has 0 unspecified atom stereocenters. The van der Waals surface area contributed by atoms with Crippen molar-refractivity contribution in [2.75, 3.05) is 0 Å². The van der Waals surface area contributed by atoms with Gasteiger partial charge in [-0.1, -0.05) is 60.7 Å². The number of carbonyl (C=O) groups is 1. The highest BCUT2D eigenvalue weighted by molar-refractivity contribution is 5.93. The molecule has 6 nitrogen and oxygen atoms in total. The molecule has 0 spiro atoms. The summed E-state index contributed by atoms with van der Waals surface area (Å²) in [5, 5.41) is 2.92. The molecule has 0 aliphatic rings. The first-order chi connectivity index (χ1) is 14.2. The van der Waals surface area contributed by atoms with Crippen LogP contribution in [0.5, 0.6) is 0 Å². The van der Waals surface area contributed by atoms with Crippen molar-refractivity contribution in [1.29, 1.82) is 0 Å². The van der Waals surface area contributed by atoms with E-state index in [0.717, 1.165) is 16.7 Å². The molecule has 6 heteroatoms. The maximum absolute atomic E-state index is 13.0. The smallest absolute Gasteiger partial charge is 0.277 e. The van der Waals surface area contributed by atoms with Crippen LogP contribution >= 0.6 is 0 Å². The van der Waals surface area contributed by atoms with E-state index >= 15 is 0 Å². The van der Waals surface area contributed by atoms with Crippen LogP contribution < -0.4 is 10.9 Å². The first kappa shape index (κ1) is 18.7. The lowest BCUT2D eigenvalue weighted by Gasteiger charge is -2.08. The monoisotopic (exact) mass is 386 g/mol. The van der Waals surface area contributed by atoms with Crippen molar-refractivity contribution in [2.24, 2.45) is 0 Å². The molecule has 2 aromatic carbocycles. The fourth-order valence-electron chi connectivity index (χ4n) is 3.40. The Morgan fingerprint density at radius 2 is 1.69 bits per heavy atom. The van der Waals surface area contributed by atoms with Crippen molar-refractivity contribution in [3.05, 3.63) is 89.1 Å². The van der Waals surface area contributed by atoms with Gasteiger partial charge in [-0.25, -0.2) is 4.98 Å². The van der Waals surface area contributed by atoms with Crippen LogP contribution in [0.25, 0.3) is 22.2 Å². The fraction of sp³-hybridized carbons (Fsp3) is 0.174. The second-order valence-electron chi connectivity index (χ2n) is 6.83. The predicted octanol–water partition coefficient (Wildman–Crippen LogP) is 3.20. The third-order valence-electron chi connectivity index (χ3n) is 4.91. The van der Waals surface area contributed by atoms with Crippen LogP contribution in [-0.4, -0.2) is 20.0 Å². The molecule has 146 valence electrons. The lowest BCUT2D eigenvalue weighted by molar-refractivity contribution is -0.121. The second kappa shape index (κ2) is 8.14. The summed E-state index contributed by atoms with van der Waals surface area (Å²) in [4.78, 5) is 30.1. The molecule has 0 bridgehead atoms. The molecule has 1 N–H and O–H groups in total. The Hall–Kier alpha value is -3.67. The summed E-state index contributed by atoms with van der Waals surface area (Å²) in [6.07, 6.45) is 3.41. The number of hydrogen-bond donors (Lipinski definition) is 1. The SMILES string of the molecule is CCn1cnc2c(-c3ccccc3)cn(CC(=O)NCc3ccccc3)c2c1=O. The Kier molecular flexibility index (Phi) is 5.24. The minimum absolute atomic E-state index is 0.0564. The number of nitrogens with one attached hydrogen (secondary N) is 1. The van der Waals surface area contributed by atoms with Gasteiger partial charge in [0.25, 0.3) is 5.56 Å². The van der Waals surface area contributed by atoms with Crippen molar-refractivity contribution < 1.29 is 4.79 Å². The van der Waals surface area contributed by atoms with E-state index in [2.05, 4.69) is 10.3 Å². The van der Waals surface area contributed by atoms with Gasteiger partial charge < -0.3 is 9.88 Å². The molecule has 0 aliphatic heterocycles. The maximum Gasteiger partial charge on any atom is 0.277 e. The molecule has 0 saturated carbocycles. The van der Waals surface area contributed by atoms with Gasteiger partial charge in [0.2, 0.25) is 5.91 Å². The van der Waals surface area contributed by atoms with Crippen LogP contribution in [0.2, 0.25) is 0 Å². The summed E-state index contributed by atoms with van der Waals surface area (Å²) in [6.45, 7) is 2.92. The third-order valence-corrected chi connectivity index (χ3v) is 4.91. The molecule has 2 heterocycles. The van der Waals surface area contributed by atoms with Gasteiger partial charge in [0.05, 0.1) is 6.33 Å². The standard InChI is InChI=1S/C23H22N4O2/c1-2-26-16-25-21-19(18-11-7-4-8-12-18)14-27(22(21)23(26)29)15-20(28)24-13-17-9-5-3-6-10-17/h3-12,14,16H,2,13,15H2,1H3,(H,24,28). The number of hydrogen-bond acceptors (Lipinski definition) is 3. The zero-order valence-electron chi connectivity index (χ0n) is 16.2. The van der Waals surface area contributed by atoms with E-state index in [4.69, 9.17) is 0 Å².